The first kappa shape index (κ1) is 28.0. The van der Waals surface area contributed by atoms with Crippen molar-refractivity contribution in [1.82, 2.24) is 14.5 Å². The Morgan fingerprint density at radius 1 is 0.949 bits per heavy atom. The van der Waals surface area contributed by atoms with E-state index in [0.29, 0.717) is 12.1 Å². The molecule has 0 bridgehead atoms. The number of fused-ring (bicyclic) bond motifs is 1. The molecule has 39 heavy (non-hydrogen) atoms. The number of hydrogen-bond acceptors (Lipinski definition) is 5. The number of halogens is 1. The first-order valence-corrected chi connectivity index (χ1v) is 14.2. The molecule has 0 spiro atoms. The van der Waals surface area contributed by atoms with Gasteiger partial charge in [-0.25, -0.2) is 17.1 Å². The lowest BCUT2D eigenvalue weighted by Gasteiger charge is -2.31. The molecule has 0 unspecified atom stereocenters. The van der Waals surface area contributed by atoms with Crippen molar-refractivity contribution in [2.45, 2.75) is 43.7 Å². The van der Waals surface area contributed by atoms with E-state index >= 15 is 0 Å². The summed E-state index contributed by atoms with van der Waals surface area (Å²) in [5.41, 5.74) is 1.61. The average molecular weight is 552 g/mol. The summed E-state index contributed by atoms with van der Waals surface area (Å²) in [7, 11) is -3.98. The van der Waals surface area contributed by atoms with Gasteiger partial charge >= 0.3 is 0 Å². The minimum absolute atomic E-state index is 0.0431. The quantitative estimate of drug-likeness (QED) is 0.393. The number of amides is 3. The molecule has 0 aromatic heterocycles. The zero-order valence-corrected chi connectivity index (χ0v) is 22.4. The van der Waals surface area contributed by atoms with Crippen LogP contribution in [0, 0.1) is 5.82 Å². The van der Waals surface area contributed by atoms with Gasteiger partial charge in [-0.1, -0.05) is 54.6 Å². The highest BCUT2D eigenvalue weighted by molar-refractivity contribution is 7.90. The molecule has 0 radical (unpaired) electrons. The standard InChI is InChI=1S/C29H30FN3O5S/c1-2-31-28(35)25(19-21-9-4-3-5-10-21)32(20-22-14-16-23(30)17-15-22)27(34)13-8-18-33-29(36)24-11-6-7-12-26(24)39(33,37)38/h3-7,9-12,14-17,25H,2,8,13,18-20H2,1H3,(H,31,35)/t25-/m1/s1. The Balaban J connectivity index is 1.55. The van der Waals surface area contributed by atoms with Gasteiger partial charge in [-0.15, -0.1) is 0 Å². The average Bonchev–Trinajstić information content (AvgIpc) is 3.13. The van der Waals surface area contributed by atoms with Crippen LogP contribution in [0.15, 0.2) is 83.8 Å². The van der Waals surface area contributed by atoms with Gasteiger partial charge in [0.25, 0.3) is 15.9 Å². The van der Waals surface area contributed by atoms with Gasteiger partial charge in [-0.3, -0.25) is 14.4 Å². The molecule has 1 aliphatic heterocycles. The van der Waals surface area contributed by atoms with E-state index in [4.69, 9.17) is 0 Å². The molecule has 1 atom stereocenters. The molecule has 0 fully saturated rings. The molecule has 3 aromatic carbocycles. The fraction of sp³-hybridized carbons (Fsp3) is 0.276. The van der Waals surface area contributed by atoms with Crippen LogP contribution >= 0.6 is 0 Å². The van der Waals surface area contributed by atoms with Crippen LogP contribution in [0.5, 0.6) is 0 Å². The summed E-state index contributed by atoms with van der Waals surface area (Å²) in [6.45, 7) is 2.05. The number of likely N-dealkylation sites (N-methyl/N-ethyl adjacent to an activating group) is 1. The largest absolute Gasteiger partial charge is 0.355 e. The Morgan fingerprint density at radius 2 is 1.62 bits per heavy atom. The highest BCUT2D eigenvalue weighted by Crippen LogP contribution is 2.30. The van der Waals surface area contributed by atoms with Crippen LogP contribution in [0.2, 0.25) is 0 Å². The third-order valence-corrected chi connectivity index (χ3v) is 8.39. The molecule has 1 N–H and O–H groups in total. The predicted molar refractivity (Wildman–Crippen MR) is 143 cm³/mol. The van der Waals surface area contributed by atoms with Crippen molar-refractivity contribution in [3.05, 3.63) is 101 Å². The summed E-state index contributed by atoms with van der Waals surface area (Å²) in [5, 5.41) is 2.80. The number of carbonyl (C=O) groups excluding carboxylic acids is 3. The van der Waals surface area contributed by atoms with Gasteiger partial charge in [0.2, 0.25) is 11.8 Å². The van der Waals surface area contributed by atoms with Crippen LogP contribution in [-0.4, -0.2) is 54.5 Å². The molecule has 0 saturated heterocycles. The van der Waals surface area contributed by atoms with Gasteiger partial charge in [-0.05, 0) is 48.7 Å². The number of hydrogen-bond donors (Lipinski definition) is 1. The molecule has 3 amide bonds. The van der Waals surface area contributed by atoms with E-state index in [0.717, 1.165) is 9.87 Å². The lowest BCUT2D eigenvalue weighted by Crippen LogP contribution is -2.50. The number of rotatable bonds is 11. The fourth-order valence-electron chi connectivity index (χ4n) is 4.60. The molecule has 0 saturated carbocycles. The number of nitrogens with zero attached hydrogens (tertiary/aromatic N) is 2. The Bertz CT molecular complexity index is 1450. The summed E-state index contributed by atoms with van der Waals surface area (Å²) >= 11 is 0. The second-order valence-electron chi connectivity index (χ2n) is 9.23. The van der Waals surface area contributed by atoms with Gasteiger partial charge in [0, 0.05) is 32.5 Å². The Hall–Kier alpha value is -4.05. The second kappa shape index (κ2) is 12.2. The molecule has 204 valence electrons. The van der Waals surface area contributed by atoms with Gasteiger partial charge < -0.3 is 10.2 Å². The van der Waals surface area contributed by atoms with Crippen LogP contribution in [0.1, 0.15) is 41.3 Å². The number of carbonyl (C=O) groups is 3. The number of nitrogens with one attached hydrogen (secondary N) is 1. The van der Waals surface area contributed by atoms with Crippen molar-refractivity contribution in [3.8, 4) is 0 Å². The first-order chi connectivity index (χ1) is 18.7. The zero-order chi connectivity index (χ0) is 28.0. The maximum atomic E-state index is 13.6. The third kappa shape index (κ3) is 6.34. The monoisotopic (exact) mass is 551 g/mol. The highest BCUT2D eigenvalue weighted by Gasteiger charge is 2.40. The van der Waals surface area contributed by atoms with Crippen LogP contribution in [0.4, 0.5) is 4.39 Å². The van der Waals surface area contributed by atoms with Gasteiger partial charge in [0.05, 0.1) is 5.56 Å². The summed E-state index contributed by atoms with van der Waals surface area (Å²) in [5.74, 6) is -1.75. The van der Waals surface area contributed by atoms with Gasteiger partial charge in [0.15, 0.2) is 0 Å². The minimum atomic E-state index is -3.98. The SMILES string of the molecule is CCNC(=O)[C@@H](Cc1ccccc1)N(Cc1ccc(F)cc1)C(=O)CCCN1C(=O)c2ccccc2S1(=O)=O. The van der Waals surface area contributed by atoms with E-state index in [1.165, 1.54) is 29.2 Å². The minimum Gasteiger partial charge on any atom is -0.355 e. The second-order valence-corrected chi connectivity index (χ2v) is 11.1. The van der Waals surface area contributed by atoms with E-state index in [2.05, 4.69) is 5.32 Å². The summed E-state index contributed by atoms with van der Waals surface area (Å²) in [6.07, 6.45) is 0.237. The molecule has 1 aliphatic rings. The normalized spacial score (nSPS) is 14.5. The maximum absolute atomic E-state index is 13.6. The van der Waals surface area contributed by atoms with Crippen molar-refractivity contribution in [1.29, 1.82) is 0 Å². The van der Waals surface area contributed by atoms with E-state index in [9.17, 15) is 27.2 Å². The van der Waals surface area contributed by atoms with Crippen LogP contribution in [0.3, 0.4) is 0 Å². The van der Waals surface area contributed by atoms with E-state index < -0.39 is 27.8 Å². The Kier molecular flexibility index (Phi) is 8.75. The lowest BCUT2D eigenvalue weighted by atomic mass is 10.0. The maximum Gasteiger partial charge on any atom is 0.269 e. The predicted octanol–water partition coefficient (Wildman–Crippen LogP) is 3.53. The van der Waals surface area contributed by atoms with E-state index in [1.807, 2.05) is 30.3 Å². The molecular formula is C29H30FN3O5S. The molecule has 8 nitrogen and oxygen atoms in total. The van der Waals surface area contributed by atoms with Crippen LogP contribution < -0.4 is 5.32 Å². The van der Waals surface area contributed by atoms with E-state index in [-0.39, 0.29) is 54.6 Å². The van der Waals surface area contributed by atoms with Crippen molar-refractivity contribution in [2.75, 3.05) is 13.1 Å². The zero-order valence-electron chi connectivity index (χ0n) is 21.5. The molecular weight excluding hydrogens is 521 g/mol. The smallest absolute Gasteiger partial charge is 0.269 e. The van der Waals surface area contributed by atoms with Crippen molar-refractivity contribution < 1.29 is 27.2 Å². The van der Waals surface area contributed by atoms with Gasteiger partial charge in [-0.2, -0.15) is 0 Å². The summed E-state index contributed by atoms with van der Waals surface area (Å²) in [4.78, 5) is 40.9. The Labute approximate surface area is 227 Å². The number of benzene rings is 3. The molecule has 4 rings (SSSR count). The number of sulfonamides is 1. The highest BCUT2D eigenvalue weighted by atomic mass is 32.2. The summed E-state index contributed by atoms with van der Waals surface area (Å²) < 4.78 is 40.1. The third-order valence-electron chi connectivity index (χ3n) is 6.55. The van der Waals surface area contributed by atoms with E-state index in [1.54, 1.807) is 31.2 Å². The van der Waals surface area contributed by atoms with Crippen molar-refractivity contribution in [3.63, 3.8) is 0 Å². The molecule has 0 aliphatic carbocycles. The molecule has 1 heterocycles. The van der Waals surface area contributed by atoms with Gasteiger partial charge in [0.1, 0.15) is 16.8 Å². The van der Waals surface area contributed by atoms with Crippen LogP contribution in [0.25, 0.3) is 0 Å². The first-order valence-electron chi connectivity index (χ1n) is 12.7. The summed E-state index contributed by atoms with van der Waals surface area (Å²) in [6, 6.07) is 20.1. The van der Waals surface area contributed by atoms with Crippen molar-refractivity contribution >= 4 is 27.7 Å². The topological polar surface area (TPSA) is 104 Å². The van der Waals surface area contributed by atoms with Crippen molar-refractivity contribution in [2.24, 2.45) is 0 Å². The molecule has 10 heteroatoms. The Morgan fingerprint density at radius 3 is 2.28 bits per heavy atom. The molecule has 3 aromatic rings. The fourth-order valence-corrected chi connectivity index (χ4v) is 6.21. The van der Waals surface area contributed by atoms with Crippen LogP contribution in [-0.2, 0) is 32.6 Å². The lowest BCUT2D eigenvalue weighted by molar-refractivity contribution is -0.141.